The number of anilines is 2. The van der Waals surface area contributed by atoms with Crippen molar-refractivity contribution in [3.05, 3.63) is 52.6 Å². The van der Waals surface area contributed by atoms with Crippen LogP contribution in [0, 0.1) is 0 Å². The van der Waals surface area contributed by atoms with Crippen LogP contribution in [-0.4, -0.2) is 21.6 Å². The smallest absolute Gasteiger partial charge is 0.293 e. The van der Waals surface area contributed by atoms with E-state index in [2.05, 4.69) is 4.98 Å². The van der Waals surface area contributed by atoms with E-state index in [1.54, 1.807) is 21.9 Å². The second-order valence-electron chi connectivity index (χ2n) is 4.72. The minimum Gasteiger partial charge on any atom is -0.389 e. The topological polar surface area (TPSA) is 64.2 Å². The molecule has 0 saturated carbocycles. The Morgan fingerprint density at radius 2 is 2.05 bits per heavy atom. The second kappa shape index (κ2) is 6.49. The number of nitrogens with zero attached hydrogens (tertiary/aromatic N) is 3. The number of hydrogen-bond acceptors (Lipinski definition) is 4. The quantitative estimate of drug-likeness (QED) is 0.857. The van der Waals surface area contributed by atoms with Gasteiger partial charge in [-0.2, -0.15) is 0 Å². The maximum atomic E-state index is 12.4. The highest BCUT2D eigenvalue weighted by Gasteiger charge is 2.11. The van der Waals surface area contributed by atoms with Crippen LogP contribution in [0.4, 0.5) is 11.5 Å². The van der Waals surface area contributed by atoms with E-state index in [-0.39, 0.29) is 5.56 Å². The van der Waals surface area contributed by atoms with E-state index in [1.165, 1.54) is 0 Å². The predicted molar refractivity (Wildman–Crippen MR) is 89.2 cm³/mol. The van der Waals surface area contributed by atoms with Crippen LogP contribution in [-0.2, 0) is 6.54 Å². The lowest BCUT2D eigenvalue weighted by Gasteiger charge is -2.18. The summed E-state index contributed by atoms with van der Waals surface area (Å²) in [5.41, 5.74) is 7.14. The summed E-state index contributed by atoms with van der Waals surface area (Å²) in [7, 11) is 1.82. The minimum atomic E-state index is -0.0970. The molecule has 0 aliphatic heterocycles. The van der Waals surface area contributed by atoms with Gasteiger partial charge in [0.15, 0.2) is 5.82 Å². The van der Waals surface area contributed by atoms with Crippen molar-refractivity contribution < 1.29 is 0 Å². The van der Waals surface area contributed by atoms with Crippen LogP contribution in [0.15, 0.2) is 41.5 Å². The lowest BCUT2D eigenvalue weighted by molar-refractivity contribution is 0.648. The Labute approximate surface area is 129 Å². The molecule has 0 radical (unpaired) electrons. The zero-order chi connectivity index (χ0) is 15.4. The number of rotatable bonds is 5. The molecule has 6 heteroatoms. The third-order valence-corrected chi connectivity index (χ3v) is 3.45. The van der Waals surface area contributed by atoms with Crippen molar-refractivity contribution in [1.82, 2.24) is 9.55 Å². The lowest BCUT2D eigenvalue weighted by Crippen LogP contribution is -2.28. The molecular weight excluding hydrogens is 284 g/mol. The van der Waals surface area contributed by atoms with Crippen LogP contribution in [0.2, 0.25) is 0 Å². The molecule has 2 aromatic rings. The number of aromatic nitrogens is 2. The average molecular weight is 302 g/mol. The Kier molecular flexibility index (Phi) is 4.70. The third kappa shape index (κ3) is 3.28. The predicted octanol–water partition coefficient (Wildman–Crippen LogP) is 2.06. The van der Waals surface area contributed by atoms with Gasteiger partial charge in [-0.05, 0) is 30.7 Å². The minimum absolute atomic E-state index is 0.0970. The molecule has 1 heterocycles. The van der Waals surface area contributed by atoms with E-state index in [9.17, 15) is 4.79 Å². The number of hydrogen-bond donors (Lipinski definition) is 1. The summed E-state index contributed by atoms with van der Waals surface area (Å²) in [6.07, 6.45) is 4.25. The van der Waals surface area contributed by atoms with E-state index >= 15 is 0 Å². The molecule has 0 bridgehead atoms. The number of nitrogens with two attached hydrogens (primary N) is 1. The Balaban J connectivity index is 2.35. The fourth-order valence-corrected chi connectivity index (χ4v) is 2.19. The van der Waals surface area contributed by atoms with E-state index < -0.39 is 0 Å². The normalized spacial score (nSPS) is 10.4. The fourth-order valence-electron chi connectivity index (χ4n) is 2.05. The summed E-state index contributed by atoms with van der Waals surface area (Å²) >= 11 is 4.93. The van der Waals surface area contributed by atoms with E-state index in [0.29, 0.717) is 17.4 Å². The van der Waals surface area contributed by atoms with Crippen molar-refractivity contribution in [2.24, 2.45) is 5.73 Å². The standard InChI is InChI=1S/C15H18N4OS/c1-3-9-19-10-8-17-14(15(19)20)18(2)12-6-4-11(5-7-12)13(16)21/h4-8,10H,3,9H2,1-2H3,(H2,16,21). The first kappa shape index (κ1) is 15.2. The summed E-state index contributed by atoms with van der Waals surface area (Å²) in [6, 6.07) is 7.41. The fraction of sp³-hybridized carbons (Fsp3) is 0.267. The van der Waals surface area contributed by atoms with Gasteiger partial charge in [-0.25, -0.2) is 4.98 Å². The monoisotopic (exact) mass is 302 g/mol. The van der Waals surface area contributed by atoms with Gasteiger partial charge >= 0.3 is 0 Å². The van der Waals surface area contributed by atoms with Crippen LogP contribution in [0.3, 0.4) is 0 Å². The first-order chi connectivity index (χ1) is 10.0. The maximum absolute atomic E-state index is 12.4. The zero-order valence-electron chi connectivity index (χ0n) is 12.1. The molecular formula is C15H18N4OS. The number of benzene rings is 1. The van der Waals surface area contributed by atoms with Gasteiger partial charge in [-0.1, -0.05) is 19.1 Å². The van der Waals surface area contributed by atoms with Crippen LogP contribution < -0.4 is 16.2 Å². The van der Waals surface area contributed by atoms with Crippen molar-refractivity contribution >= 4 is 28.7 Å². The number of thiocarbonyl (C=S) groups is 1. The van der Waals surface area contributed by atoms with Crippen LogP contribution in [0.1, 0.15) is 18.9 Å². The largest absolute Gasteiger partial charge is 0.389 e. The van der Waals surface area contributed by atoms with E-state index in [4.69, 9.17) is 18.0 Å². The molecule has 110 valence electrons. The summed E-state index contributed by atoms with van der Waals surface area (Å²) < 4.78 is 1.67. The lowest BCUT2D eigenvalue weighted by atomic mass is 10.2. The Morgan fingerprint density at radius 3 is 2.62 bits per heavy atom. The average Bonchev–Trinajstić information content (AvgIpc) is 2.49. The zero-order valence-corrected chi connectivity index (χ0v) is 12.9. The maximum Gasteiger partial charge on any atom is 0.293 e. The molecule has 0 atom stereocenters. The summed E-state index contributed by atoms with van der Waals surface area (Å²) in [4.78, 5) is 18.7. The molecule has 21 heavy (non-hydrogen) atoms. The highest BCUT2D eigenvalue weighted by Crippen LogP contribution is 2.19. The van der Waals surface area contributed by atoms with Crippen molar-refractivity contribution in [2.45, 2.75) is 19.9 Å². The molecule has 0 saturated heterocycles. The molecule has 0 fully saturated rings. The van der Waals surface area contributed by atoms with Crippen molar-refractivity contribution in [3.63, 3.8) is 0 Å². The van der Waals surface area contributed by atoms with Gasteiger partial charge in [0.1, 0.15) is 4.99 Å². The van der Waals surface area contributed by atoms with Crippen LogP contribution in [0.5, 0.6) is 0 Å². The molecule has 2 N–H and O–H groups in total. The summed E-state index contributed by atoms with van der Waals surface area (Å²) in [5, 5.41) is 0. The van der Waals surface area contributed by atoms with E-state index in [1.807, 2.05) is 38.2 Å². The molecule has 0 unspecified atom stereocenters. The highest BCUT2D eigenvalue weighted by molar-refractivity contribution is 7.80. The van der Waals surface area contributed by atoms with Gasteiger partial charge < -0.3 is 15.2 Å². The van der Waals surface area contributed by atoms with Gasteiger partial charge in [0.25, 0.3) is 5.56 Å². The second-order valence-corrected chi connectivity index (χ2v) is 5.16. The molecule has 1 aromatic carbocycles. The van der Waals surface area contributed by atoms with Gasteiger partial charge in [0.2, 0.25) is 0 Å². The molecule has 0 amide bonds. The Morgan fingerprint density at radius 1 is 1.38 bits per heavy atom. The molecule has 0 aliphatic carbocycles. The molecule has 0 spiro atoms. The Bertz CT molecular complexity index is 694. The van der Waals surface area contributed by atoms with E-state index in [0.717, 1.165) is 17.7 Å². The van der Waals surface area contributed by atoms with Gasteiger partial charge in [0, 0.05) is 37.2 Å². The summed E-state index contributed by atoms with van der Waals surface area (Å²) in [5.74, 6) is 0.397. The van der Waals surface area contributed by atoms with Gasteiger partial charge in [0.05, 0.1) is 0 Å². The van der Waals surface area contributed by atoms with Crippen LogP contribution >= 0.6 is 12.2 Å². The molecule has 1 aromatic heterocycles. The Hall–Kier alpha value is -2.21. The number of aryl methyl sites for hydroxylation is 1. The highest BCUT2D eigenvalue weighted by atomic mass is 32.1. The van der Waals surface area contributed by atoms with Crippen molar-refractivity contribution in [3.8, 4) is 0 Å². The third-order valence-electron chi connectivity index (χ3n) is 3.22. The van der Waals surface area contributed by atoms with Crippen molar-refractivity contribution in [1.29, 1.82) is 0 Å². The molecule has 0 aliphatic rings. The SMILES string of the molecule is CCCn1ccnc(N(C)c2ccc(C(N)=S)cc2)c1=O. The van der Waals surface area contributed by atoms with Crippen molar-refractivity contribution in [2.75, 3.05) is 11.9 Å². The molecule has 2 rings (SSSR count). The first-order valence-electron chi connectivity index (χ1n) is 6.73. The van der Waals surface area contributed by atoms with Crippen LogP contribution in [0.25, 0.3) is 0 Å². The summed E-state index contributed by atoms with van der Waals surface area (Å²) in [6.45, 7) is 2.72. The van der Waals surface area contributed by atoms with Gasteiger partial charge in [-0.15, -0.1) is 0 Å². The molecule has 5 nitrogen and oxygen atoms in total. The first-order valence-corrected chi connectivity index (χ1v) is 7.14. The van der Waals surface area contributed by atoms with Gasteiger partial charge in [-0.3, -0.25) is 4.79 Å².